The van der Waals surface area contributed by atoms with Gasteiger partial charge in [-0.2, -0.15) is 0 Å². The maximum absolute atomic E-state index is 5.52. The van der Waals surface area contributed by atoms with Gasteiger partial charge in [0.2, 0.25) is 0 Å². The molecule has 3 heteroatoms. The summed E-state index contributed by atoms with van der Waals surface area (Å²) in [5.41, 5.74) is 0. The van der Waals surface area contributed by atoms with Crippen LogP contribution in [0.3, 0.4) is 0 Å². The average Bonchev–Trinajstić information content (AvgIpc) is 2.20. The van der Waals surface area contributed by atoms with Crippen molar-refractivity contribution in [2.45, 2.75) is 39.7 Å². The van der Waals surface area contributed by atoms with E-state index in [1.54, 1.807) is 0 Å². The third kappa shape index (κ3) is 9.96. The fourth-order valence-corrected chi connectivity index (χ4v) is 1.02. The normalized spacial score (nSPS) is 13.1. The van der Waals surface area contributed by atoms with Gasteiger partial charge in [0.05, 0.1) is 12.7 Å². The molecular formula is C11H24O3. The third-order valence-electron chi connectivity index (χ3n) is 1.74. The highest BCUT2D eigenvalue weighted by Crippen LogP contribution is 1.94. The summed E-state index contributed by atoms with van der Waals surface area (Å²) >= 11 is 0. The molecule has 14 heavy (non-hydrogen) atoms. The summed E-state index contributed by atoms with van der Waals surface area (Å²) in [4.78, 5) is 0. The summed E-state index contributed by atoms with van der Waals surface area (Å²) in [5.74, 6) is 0. The van der Waals surface area contributed by atoms with E-state index in [9.17, 15) is 0 Å². The molecule has 86 valence electrons. The molecule has 3 nitrogen and oxygen atoms in total. The van der Waals surface area contributed by atoms with Crippen molar-refractivity contribution in [2.75, 3.05) is 33.0 Å². The minimum absolute atomic E-state index is 0.195. The summed E-state index contributed by atoms with van der Waals surface area (Å²) in [6.45, 7) is 10.00. The largest absolute Gasteiger partial charge is 0.381 e. The van der Waals surface area contributed by atoms with Crippen molar-refractivity contribution in [3.05, 3.63) is 0 Å². The van der Waals surface area contributed by atoms with Crippen LogP contribution in [0.15, 0.2) is 0 Å². The van der Waals surface area contributed by atoms with E-state index in [0.29, 0.717) is 6.61 Å². The van der Waals surface area contributed by atoms with E-state index in [1.165, 1.54) is 0 Å². The Morgan fingerprint density at radius 2 is 1.79 bits per heavy atom. The highest BCUT2D eigenvalue weighted by atomic mass is 16.5. The molecule has 0 aromatic rings. The van der Waals surface area contributed by atoms with Crippen molar-refractivity contribution in [3.63, 3.8) is 0 Å². The highest BCUT2D eigenvalue weighted by Gasteiger charge is 2.00. The van der Waals surface area contributed by atoms with Crippen LogP contribution in [0, 0.1) is 0 Å². The average molecular weight is 204 g/mol. The standard InChI is InChI=1S/C11H24O3/c1-4-7-13-8-6-9-14-11(3)10-12-5-2/h11H,4-10H2,1-3H3. The Hall–Kier alpha value is -0.120. The lowest BCUT2D eigenvalue weighted by Crippen LogP contribution is -2.17. The Morgan fingerprint density at radius 1 is 1.00 bits per heavy atom. The predicted octanol–water partition coefficient (Wildman–Crippen LogP) is 2.24. The minimum Gasteiger partial charge on any atom is -0.381 e. The number of hydrogen-bond acceptors (Lipinski definition) is 3. The second kappa shape index (κ2) is 11.0. The third-order valence-corrected chi connectivity index (χ3v) is 1.74. The van der Waals surface area contributed by atoms with E-state index in [2.05, 4.69) is 6.92 Å². The van der Waals surface area contributed by atoms with Crippen molar-refractivity contribution in [1.82, 2.24) is 0 Å². The Balaban J connectivity index is 3.02. The molecule has 0 amide bonds. The molecule has 0 aromatic carbocycles. The van der Waals surface area contributed by atoms with Crippen LogP contribution in [0.5, 0.6) is 0 Å². The monoisotopic (exact) mass is 204 g/mol. The van der Waals surface area contributed by atoms with Crippen LogP contribution in [-0.4, -0.2) is 39.1 Å². The van der Waals surface area contributed by atoms with Gasteiger partial charge in [-0.15, -0.1) is 0 Å². The van der Waals surface area contributed by atoms with Crippen LogP contribution in [0.25, 0.3) is 0 Å². The van der Waals surface area contributed by atoms with Gasteiger partial charge >= 0.3 is 0 Å². The van der Waals surface area contributed by atoms with Crippen LogP contribution >= 0.6 is 0 Å². The molecule has 1 unspecified atom stereocenters. The lowest BCUT2D eigenvalue weighted by Gasteiger charge is -2.12. The van der Waals surface area contributed by atoms with Crippen molar-refractivity contribution in [1.29, 1.82) is 0 Å². The van der Waals surface area contributed by atoms with Gasteiger partial charge < -0.3 is 14.2 Å². The first-order valence-corrected chi connectivity index (χ1v) is 5.58. The van der Waals surface area contributed by atoms with Gasteiger partial charge in [0, 0.05) is 26.4 Å². The summed E-state index contributed by atoms with van der Waals surface area (Å²) in [6, 6.07) is 0. The first kappa shape index (κ1) is 13.9. The van der Waals surface area contributed by atoms with Gasteiger partial charge in [0.25, 0.3) is 0 Å². The van der Waals surface area contributed by atoms with Crippen LogP contribution in [0.1, 0.15) is 33.6 Å². The quantitative estimate of drug-likeness (QED) is 0.511. The van der Waals surface area contributed by atoms with Crippen LogP contribution < -0.4 is 0 Å². The molecule has 0 radical (unpaired) electrons. The molecular weight excluding hydrogens is 180 g/mol. The Kier molecular flexibility index (Phi) is 10.9. The summed E-state index contributed by atoms with van der Waals surface area (Å²) in [5, 5.41) is 0. The van der Waals surface area contributed by atoms with Gasteiger partial charge in [0.1, 0.15) is 0 Å². The molecule has 0 bridgehead atoms. The molecule has 0 rings (SSSR count). The van der Waals surface area contributed by atoms with Gasteiger partial charge in [-0.1, -0.05) is 6.92 Å². The zero-order chi connectivity index (χ0) is 10.6. The predicted molar refractivity (Wildman–Crippen MR) is 57.6 cm³/mol. The molecule has 0 N–H and O–H groups in total. The van der Waals surface area contributed by atoms with Crippen molar-refractivity contribution < 1.29 is 14.2 Å². The second-order valence-electron chi connectivity index (χ2n) is 3.31. The van der Waals surface area contributed by atoms with Crippen LogP contribution in [0.4, 0.5) is 0 Å². The molecule has 0 aliphatic heterocycles. The zero-order valence-electron chi connectivity index (χ0n) is 9.75. The minimum atomic E-state index is 0.195. The van der Waals surface area contributed by atoms with E-state index in [0.717, 1.165) is 39.3 Å². The van der Waals surface area contributed by atoms with E-state index < -0.39 is 0 Å². The highest BCUT2D eigenvalue weighted by molar-refractivity contribution is 4.46. The SMILES string of the molecule is CCCOCCCOC(C)COCC. The first-order chi connectivity index (χ1) is 6.81. The number of ether oxygens (including phenoxy) is 3. The summed E-state index contributed by atoms with van der Waals surface area (Å²) in [6.07, 6.45) is 2.25. The molecule has 0 saturated carbocycles. The summed E-state index contributed by atoms with van der Waals surface area (Å²) in [7, 11) is 0. The maximum Gasteiger partial charge on any atom is 0.0780 e. The van der Waals surface area contributed by atoms with Gasteiger partial charge in [-0.25, -0.2) is 0 Å². The second-order valence-corrected chi connectivity index (χ2v) is 3.31. The van der Waals surface area contributed by atoms with Crippen molar-refractivity contribution >= 4 is 0 Å². The number of rotatable bonds is 10. The van der Waals surface area contributed by atoms with E-state index in [-0.39, 0.29) is 6.10 Å². The molecule has 0 aromatic heterocycles. The lowest BCUT2D eigenvalue weighted by molar-refractivity contribution is -0.0111. The Bertz CT molecular complexity index is 107. The topological polar surface area (TPSA) is 27.7 Å². The molecule has 0 aliphatic rings. The lowest BCUT2D eigenvalue weighted by atomic mass is 10.4. The van der Waals surface area contributed by atoms with Gasteiger partial charge in [0.15, 0.2) is 0 Å². The fraction of sp³-hybridized carbons (Fsp3) is 1.00. The number of hydrogen-bond donors (Lipinski definition) is 0. The zero-order valence-corrected chi connectivity index (χ0v) is 9.75. The smallest absolute Gasteiger partial charge is 0.0780 e. The van der Waals surface area contributed by atoms with Crippen LogP contribution in [-0.2, 0) is 14.2 Å². The maximum atomic E-state index is 5.52. The Morgan fingerprint density at radius 3 is 2.43 bits per heavy atom. The van der Waals surface area contributed by atoms with Crippen LogP contribution in [0.2, 0.25) is 0 Å². The van der Waals surface area contributed by atoms with Crippen molar-refractivity contribution in [3.8, 4) is 0 Å². The molecule has 0 heterocycles. The van der Waals surface area contributed by atoms with E-state index in [1.807, 2.05) is 13.8 Å². The molecule has 0 spiro atoms. The molecule has 0 aliphatic carbocycles. The fourth-order valence-electron chi connectivity index (χ4n) is 1.02. The molecule has 0 fully saturated rings. The van der Waals surface area contributed by atoms with E-state index >= 15 is 0 Å². The molecule has 1 atom stereocenters. The first-order valence-electron chi connectivity index (χ1n) is 5.58. The van der Waals surface area contributed by atoms with Gasteiger partial charge in [-0.3, -0.25) is 0 Å². The summed E-state index contributed by atoms with van der Waals surface area (Å²) < 4.78 is 16.1. The Labute approximate surface area is 87.7 Å². The van der Waals surface area contributed by atoms with Crippen molar-refractivity contribution in [2.24, 2.45) is 0 Å². The molecule has 0 saturated heterocycles. The van der Waals surface area contributed by atoms with Gasteiger partial charge in [-0.05, 0) is 26.7 Å². The van der Waals surface area contributed by atoms with E-state index in [4.69, 9.17) is 14.2 Å².